The minimum absolute atomic E-state index is 0.448. The second kappa shape index (κ2) is 6.52. The average molecular weight is 283 g/mol. The van der Waals surface area contributed by atoms with Crippen molar-refractivity contribution in [1.82, 2.24) is 15.3 Å². The Balaban J connectivity index is 1.90. The van der Waals surface area contributed by atoms with Gasteiger partial charge < -0.3 is 5.32 Å². The van der Waals surface area contributed by atoms with E-state index in [0.29, 0.717) is 6.04 Å². The van der Waals surface area contributed by atoms with Gasteiger partial charge in [0.15, 0.2) is 0 Å². The van der Waals surface area contributed by atoms with Crippen LogP contribution >= 0.6 is 0 Å². The lowest BCUT2D eigenvalue weighted by atomic mass is 9.76. The molecule has 1 heterocycles. The topological polar surface area (TPSA) is 37.8 Å². The van der Waals surface area contributed by atoms with E-state index in [2.05, 4.69) is 47.3 Å². The summed E-state index contributed by atoms with van der Waals surface area (Å²) in [6.45, 7) is 5.59. The van der Waals surface area contributed by atoms with Crippen molar-refractivity contribution in [3.63, 3.8) is 0 Å². The number of rotatable bonds is 4. The molecule has 0 saturated heterocycles. The first-order valence-corrected chi connectivity index (χ1v) is 8.22. The third-order valence-electron chi connectivity index (χ3n) is 4.72. The standard InChI is InChI=1S/C18H25N3/c1-3-19-18(14-6-4-5-13(2)11-14)15-7-8-16-17(12-15)21-10-9-20-16/h7-10,12-14,18-19H,3-6,11H2,1-2H3. The van der Waals surface area contributed by atoms with Gasteiger partial charge in [-0.1, -0.05) is 32.8 Å². The summed E-state index contributed by atoms with van der Waals surface area (Å²) < 4.78 is 0. The number of benzene rings is 1. The minimum atomic E-state index is 0.448. The van der Waals surface area contributed by atoms with Crippen LogP contribution in [0.15, 0.2) is 30.6 Å². The SMILES string of the molecule is CCNC(c1ccc2nccnc2c1)C1CCCC(C)C1. The van der Waals surface area contributed by atoms with Crippen LogP contribution < -0.4 is 5.32 Å². The molecule has 112 valence electrons. The van der Waals surface area contributed by atoms with E-state index in [1.807, 2.05) is 0 Å². The molecule has 3 rings (SSSR count). The molecule has 0 aliphatic heterocycles. The second-order valence-corrected chi connectivity index (χ2v) is 6.37. The lowest BCUT2D eigenvalue weighted by Gasteiger charge is -2.34. The highest BCUT2D eigenvalue weighted by molar-refractivity contribution is 5.74. The molecule has 1 aliphatic rings. The molecule has 3 atom stereocenters. The van der Waals surface area contributed by atoms with E-state index in [1.165, 1.54) is 31.2 Å². The molecule has 21 heavy (non-hydrogen) atoms. The molecule has 3 nitrogen and oxygen atoms in total. The van der Waals surface area contributed by atoms with Gasteiger partial charge in [0.05, 0.1) is 11.0 Å². The van der Waals surface area contributed by atoms with Crippen molar-refractivity contribution in [1.29, 1.82) is 0 Å². The molecule has 1 N–H and O–H groups in total. The van der Waals surface area contributed by atoms with Crippen molar-refractivity contribution < 1.29 is 0 Å². The van der Waals surface area contributed by atoms with Gasteiger partial charge in [0.2, 0.25) is 0 Å². The van der Waals surface area contributed by atoms with Gasteiger partial charge in [-0.25, -0.2) is 0 Å². The van der Waals surface area contributed by atoms with Gasteiger partial charge >= 0.3 is 0 Å². The molecule has 0 radical (unpaired) electrons. The molecule has 1 saturated carbocycles. The van der Waals surface area contributed by atoms with Crippen molar-refractivity contribution >= 4 is 11.0 Å². The van der Waals surface area contributed by atoms with E-state index in [-0.39, 0.29) is 0 Å². The summed E-state index contributed by atoms with van der Waals surface area (Å²) in [4.78, 5) is 8.82. The van der Waals surface area contributed by atoms with E-state index < -0.39 is 0 Å². The Kier molecular flexibility index (Phi) is 4.49. The van der Waals surface area contributed by atoms with Gasteiger partial charge in [0.25, 0.3) is 0 Å². The molecule has 1 aromatic heterocycles. The summed E-state index contributed by atoms with van der Waals surface area (Å²) in [6, 6.07) is 7.00. The van der Waals surface area contributed by atoms with Crippen molar-refractivity contribution in [2.75, 3.05) is 6.54 Å². The van der Waals surface area contributed by atoms with Crippen LogP contribution in [0.4, 0.5) is 0 Å². The monoisotopic (exact) mass is 283 g/mol. The number of nitrogens with one attached hydrogen (secondary N) is 1. The zero-order chi connectivity index (χ0) is 14.7. The fourth-order valence-electron chi connectivity index (χ4n) is 3.73. The first-order chi connectivity index (χ1) is 10.3. The van der Waals surface area contributed by atoms with Crippen LogP contribution in [0.1, 0.15) is 51.1 Å². The Labute approximate surface area is 127 Å². The lowest BCUT2D eigenvalue weighted by molar-refractivity contribution is 0.225. The van der Waals surface area contributed by atoms with Gasteiger partial charge in [-0.2, -0.15) is 0 Å². The Morgan fingerprint density at radius 1 is 1.19 bits per heavy atom. The highest BCUT2D eigenvalue weighted by atomic mass is 14.9. The van der Waals surface area contributed by atoms with Gasteiger partial charge in [-0.15, -0.1) is 0 Å². The first-order valence-electron chi connectivity index (χ1n) is 8.22. The largest absolute Gasteiger partial charge is 0.310 e. The minimum Gasteiger partial charge on any atom is -0.310 e. The lowest BCUT2D eigenvalue weighted by Crippen LogP contribution is -2.31. The second-order valence-electron chi connectivity index (χ2n) is 6.37. The van der Waals surface area contributed by atoms with E-state index in [0.717, 1.165) is 29.4 Å². The molecule has 1 fully saturated rings. The summed E-state index contributed by atoms with van der Waals surface area (Å²) in [7, 11) is 0. The number of nitrogens with zero attached hydrogens (tertiary/aromatic N) is 2. The van der Waals surface area contributed by atoms with Gasteiger partial charge in [0, 0.05) is 18.4 Å². The van der Waals surface area contributed by atoms with E-state index in [9.17, 15) is 0 Å². The number of fused-ring (bicyclic) bond motifs is 1. The zero-order valence-electron chi connectivity index (χ0n) is 13.0. The maximum atomic E-state index is 4.45. The maximum Gasteiger partial charge on any atom is 0.0890 e. The molecular formula is C18H25N3. The van der Waals surface area contributed by atoms with Crippen molar-refractivity contribution in [2.45, 2.75) is 45.6 Å². The predicted octanol–water partition coefficient (Wildman–Crippen LogP) is 4.11. The molecule has 0 bridgehead atoms. The Morgan fingerprint density at radius 3 is 2.76 bits per heavy atom. The Morgan fingerprint density at radius 2 is 2.00 bits per heavy atom. The summed E-state index contributed by atoms with van der Waals surface area (Å²) in [5.41, 5.74) is 3.35. The molecular weight excluding hydrogens is 258 g/mol. The van der Waals surface area contributed by atoms with Crippen molar-refractivity contribution in [3.05, 3.63) is 36.2 Å². The van der Waals surface area contributed by atoms with Crippen LogP contribution in [0.3, 0.4) is 0 Å². The Hall–Kier alpha value is -1.48. The van der Waals surface area contributed by atoms with Crippen LogP contribution in [0, 0.1) is 11.8 Å². The molecule has 3 heteroatoms. The summed E-state index contributed by atoms with van der Waals surface area (Å²) in [5, 5.41) is 3.71. The van der Waals surface area contributed by atoms with Crippen LogP contribution in [-0.2, 0) is 0 Å². The van der Waals surface area contributed by atoms with Crippen LogP contribution in [0.2, 0.25) is 0 Å². The van der Waals surface area contributed by atoms with E-state index >= 15 is 0 Å². The summed E-state index contributed by atoms with van der Waals surface area (Å²) in [6.07, 6.45) is 8.94. The Bertz CT molecular complexity index is 596. The molecule has 1 aromatic carbocycles. The molecule has 1 aliphatic carbocycles. The maximum absolute atomic E-state index is 4.45. The molecule has 2 aromatic rings. The van der Waals surface area contributed by atoms with Gasteiger partial charge in [0.1, 0.15) is 0 Å². The molecule has 3 unspecified atom stereocenters. The number of hydrogen-bond donors (Lipinski definition) is 1. The third kappa shape index (κ3) is 3.24. The van der Waals surface area contributed by atoms with Crippen LogP contribution in [0.5, 0.6) is 0 Å². The summed E-state index contributed by atoms with van der Waals surface area (Å²) in [5.74, 6) is 1.59. The van der Waals surface area contributed by atoms with Crippen LogP contribution in [-0.4, -0.2) is 16.5 Å². The first kappa shape index (κ1) is 14.5. The molecule has 0 amide bonds. The van der Waals surface area contributed by atoms with Gasteiger partial charge in [-0.05, 0) is 48.9 Å². The highest BCUT2D eigenvalue weighted by Gasteiger charge is 2.27. The summed E-state index contributed by atoms with van der Waals surface area (Å²) >= 11 is 0. The quantitative estimate of drug-likeness (QED) is 0.917. The van der Waals surface area contributed by atoms with E-state index in [1.54, 1.807) is 12.4 Å². The fraction of sp³-hybridized carbons (Fsp3) is 0.556. The van der Waals surface area contributed by atoms with Crippen LogP contribution in [0.25, 0.3) is 11.0 Å². The number of aromatic nitrogens is 2. The van der Waals surface area contributed by atoms with Crippen molar-refractivity contribution in [3.8, 4) is 0 Å². The van der Waals surface area contributed by atoms with E-state index in [4.69, 9.17) is 0 Å². The van der Waals surface area contributed by atoms with Gasteiger partial charge in [-0.3, -0.25) is 9.97 Å². The third-order valence-corrected chi connectivity index (χ3v) is 4.72. The number of hydrogen-bond acceptors (Lipinski definition) is 3. The fourth-order valence-corrected chi connectivity index (χ4v) is 3.73. The predicted molar refractivity (Wildman–Crippen MR) is 87.1 cm³/mol. The highest BCUT2D eigenvalue weighted by Crippen LogP contribution is 2.37. The average Bonchev–Trinajstić information content (AvgIpc) is 2.52. The smallest absolute Gasteiger partial charge is 0.0890 e. The molecule has 0 spiro atoms. The van der Waals surface area contributed by atoms with Crippen molar-refractivity contribution in [2.24, 2.45) is 11.8 Å². The zero-order valence-corrected chi connectivity index (χ0v) is 13.0. The normalized spacial score (nSPS) is 24.1.